The van der Waals surface area contributed by atoms with Gasteiger partial charge in [-0.15, -0.1) is 0 Å². The van der Waals surface area contributed by atoms with E-state index in [4.69, 9.17) is 10.5 Å². The molecule has 160 valence electrons. The molecular formula is C26H22N2O4. The minimum atomic E-state index is -1.53. The lowest BCUT2D eigenvalue weighted by Crippen LogP contribution is -2.43. The molecular weight excluding hydrogens is 404 g/mol. The van der Waals surface area contributed by atoms with E-state index in [2.05, 4.69) is 6.07 Å². The molecule has 0 aliphatic heterocycles. The number of carboxylic acids is 1. The zero-order chi connectivity index (χ0) is 22.7. The van der Waals surface area contributed by atoms with E-state index in [-0.39, 0.29) is 18.9 Å². The van der Waals surface area contributed by atoms with Gasteiger partial charge >= 0.3 is 11.9 Å². The van der Waals surface area contributed by atoms with Crippen molar-refractivity contribution in [3.63, 3.8) is 0 Å². The number of ether oxygens (including phenoxy) is 1. The summed E-state index contributed by atoms with van der Waals surface area (Å²) in [5, 5.41) is 18.9. The van der Waals surface area contributed by atoms with E-state index in [1.807, 2.05) is 48.5 Å². The molecule has 0 heterocycles. The van der Waals surface area contributed by atoms with Crippen molar-refractivity contribution in [3.8, 4) is 17.2 Å². The van der Waals surface area contributed by atoms with Crippen molar-refractivity contribution in [2.45, 2.75) is 18.4 Å². The summed E-state index contributed by atoms with van der Waals surface area (Å²) in [6.45, 7) is 0.0259. The van der Waals surface area contributed by atoms with Gasteiger partial charge in [-0.05, 0) is 40.3 Å². The van der Waals surface area contributed by atoms with Crippen molar-refractivity contribution in [3.05, 3.63) is 95.1 Å². The highest BCUT2D eigenvalue weighted by Crippen LogP contribution is 2.44. The third kappa shape index (κ3) is 3.98. The van der Waals surface area contributed by atoms with E-state index in [9.17, 15) is 20.0 Å². The Bertz CT molecular complexity index is 1170. The van der Waals surface area contributed by atoms with Crippen LogP contribution >= 0.6 is 0 Å². The second-order valence-corrected chi connectivity index (χ2v) is 7.81. The van der Waals surface area contributed by atoms with E-state index < -0.39 is 23.9 Å². The maximum absolute atomic E-state index is 12.8. The first-order valence-corrected chi connectivity index (χ1v) is 10.3. The number of carboxylic acid groups (broad SMARTS) is 1. The third-order valence-electron chi connectivity index (χ3n) is 5.90. The van der Waals surface area contributed by atoms with Crippen LogP contribution in [0.3, 0.4) is 0 Å². The number of aliphatic carboxylic acids is 1. The first kappa shape index (κ1) is 21.3. The predicted octanol–water partition coefficient (Wildman–Crippen LogP) is 3.48. The van der Waals surface area contributed by atoms with E-state index in [1.54, 1.807) is 24.3 Å². The highest BCUT2D eigenvalue weighted by atomic mass is 16.5. The molecule has 6 heteroatoms. The molecule has 0 bridgehead atoms. The fraction of sp³-hybridized carbons (Fsp3) is 0.192. The van der Waals surface area contributed by atoms with E-state index in [0.29, 0.717) is 11.1 Å². The van der Waals surface area contributed by atoms with Crippen LogP contribution < -0.4 is 5.73 Å². The molecule has 4 rings (SSSR count). The Morgan fingerprint density at radius 1 is 0.969 bits per heavy atom. The fourth-order valence-electron chi connectivity index (χ4n) is 4.33. The minimum absolute atomic E-state index is 0.0259. The van der Waals surface area contributed by atoms with Crippen molar-refractivity contribution >= 4 is 11.9 Å². The van der Waals surface area contributed by atoms with Crippen LogP contribution in [0.1, 0.15) is 28.2 Å². The van der Waals surface area contributed by atoms with Crippen LogP contribution in [0, 0.1) is 17.2 Å². The fourth-order valence-corrected chi connectivity index (χ4v) is 4.33. The molecule has 0 saturated heterocycles. The number of nitrogens with two attached hydrogens (primary N) is 1. The maximum Gasteiger partial charge on any atom is 0.321 e. The topological polar surface area (TPSA) is 113 Å². The molecule has 0 amide bonds. The molecule has 0 unspecified atom stereocenters. The second-order valence-electron chi connectivity index (χ2n) is 7.81. The first-order chi connectivity index (χ1) is 15.5. The molecule has 0 spiro atoms. The maximum atomic E-state index is 12.8. The monoisotopic (exact) mass is 426 g/mol. The van der Waals surface area contributed by atoms with Crippen molar-refractivity contribution in [2.75, 3.05) is 6.61 Å². The van der Waals surface area contributed by atoms with Crippen molar-refractivity contribution in [2.24, 2.45) is 11.7 Å². The van der Waals surface area contributed by atoms with Gasteiger partial charge in [0.2, 0.25) is 0 Å². The summed E-state index contributed by atoms with van der Waals surface area (Å²) in [5.74, 6) is -3.92. The number of hydrogen-bond acceptors (Lipinski definition) is 5. The Labute approximate surface area is 185 Å². The van der Waals surface area contributed by atoms with E-state index in [1.165, 1.54) is 0 Å². The van der Waals surface area contributed by atoms with Crippen LogP contribution in [0.2, 0.25) is 0 Å². The van der Waals surface area contributed by atoms with Crippen molar-refractivity contribution < 1.29 is 19.4 Å². The number of rotatable bonds is 7. The molecule has 0 radical (unpaired) electrons. The van der Waals surface area contributed by atoms with E-state index >= 15 is 0 Å². The van der Waals surface area contributed by atoms with Gasteiger partial charge in [-0.3, -0.25) is 9.59 Å². The van der Waals surface area contributed by atoms with Crippen LogP contribution in [0.5, 0.6) is 0 Å². The average Bonchev–Trinajstić information content (AvgIpc) is 3.11. The van der Waals surface area contributed by atoms with Gasteiger partial charge < -0.3 is 15.6 Å². The summed E-state index contributed by atoms with van der Waals surface area (Å²) in [7, 11) is 0. The standard InChI is InChI=1S/C26H22N2O4/c27-14-17-8-2-1-7-16(17)13-23(28)24(25(29)30)26(31)32-15-22-20-11-5-3-9-18(20)19-10-4-6-12-21(19)22/h1-12,22-24H,13,15,28H2,(H,29,30)/t23-,24-/m0/s1. The van der Waals surface area contributed by atoms with E-state index in [0.717, 1.165) is 22.3 Å². The van der Waals surface area contributed by atoms with Gasteiger partial charge in [-0.25, -0.2) is 0 Å². The minimum Gasteiger partial charge on any atom is -0.481 e. The highest BCUT2D eigenvalue weighted by Gasteiger charge is 2.36. The molecule has 0 saturated carbocycles. The second kappa shape index (κ2) is 9.04. The Morgan fingerprint density at radius 3 is 2.12 bits per heavy atom. The molecule has 6 nitrogen and oxygen atoms in total. The summed E-state index contributed by atoms with van der Waals surface area (Å²) in [6, 6.07) is 23.6. The number of fused-ring (bicyclic) bond motifs is 3. The smallest absolute Gasteiger partial charge is 0.321 e. The number of carbonyl (C=O) groups is 2. The molecule has 0 fully saturated rings. The molecule has 1 aliphatic rings. The number of hydrogen-bond donors (Lipinski definition) is 2. The number of esters is 1. The normalized spacial score (nSPS) is 14.0. The average molecular weight is 426 g/mol. The summed E-state index contributed by atoms with van der Waals surface area (Å²) in [6.07, 6.45) is 0.0743. The first-order valence-electron chi connectivity index (χ1n) is 10.3. The Balaban J connectivity index is 1.51. The number of nitrogens with zero attached hydrogens (tertiary/aromatic N) is 1. The number of carbonyl (C=O) groups excluding carboxylic acids is 1. The predicted molar refractivity (Wildman–Crippen MR) is 119 cm³/mol. The van der Waals surface area contributed by atoms with Crippen LogP contribution in [0.4, 0.5) is 0 Å². The molecule has 3 N–H and O–H groups in total. The van der Waals surface area contributed by atoms with Gasteiger partial charge in [0.1, 0.15) is 6.61 Å². The zero-order valence-electron chi connectivity index (χ0n) is 17.3. The van der Waals surface area contributed by atoms with Crippen LogP contribution in [-0.4, -0.2) is 29.7 Å². The summed E-state index contributed by atoms with van der Waals surface area (Å²) in [4.78, 5) is 24.7. The molecule has 0 aromatic heterocycles. The zero-order valence-corrected chi connectivity index (χ0v) is 17.3. The summed E-state index contributed by atoms with van der Waals surface area (Å²) in [5.41, 5.74) is 11.4. The van der Waals surface area contributed by atoms with Crippen molar-refractivity contribution in [1.29, 1.82) is 5.26 Å². The highest BCUT2D eigenvalue weighted by molar-refractivity contribution is 5.95. The Hall–Kier alpha value is -3.95. The molecule has 3 aromatic carbocycles. The number of benzene rings is 3. The molecule has 3 aromatic rings. The van der Waals surface area contributed by atoms with Crippen LogP contribution in [0.25, 0.3) is 11.1 Å². The third-order valence-corrected chi connectivity index (χ3v) is 5.90. The SMILES string of the molecule is N#Cc1ccccc1C[C@H](N)[C@@H](C(=O)O)C(=O)OCC1c2ccccc2-c2ccccc21. The van der Waals surface area contributed by atoms with Crippen LogP contribution in [0.15, 0.2) is 72.8 Å². The van der Waals surface area contributed by atoms with Gasteiger partial charge in [0.25, 0.3) is 0 Å². The lowest BCUT2D eigenvalue weighted by molar-refractivity contribution is -0.159. The molecule has 1 aliphatic carbocycles. The largest absolute Gasteiger partial charge is 0.481 e. The number of nitriles is 1. The van der Waals surface area contributed by atoms with Gasteiger partial charge in [-0.1, -0.05) is 66.7 Å². The Morgan fingerprint density at radius 2 is 1.53 bits per heavy atom. The summed E-state index contributed by atoms with van der Waals surface area (Å²) >= 11 is 0. The Kier molecular flexibility index (Phi) is 6.02. The molecule has 32 heavy (non-hydrogen) atoms. The van der Waals surface area contributed by atoms with Gasteiger partial charge in [0.15, 0.2) is 5.92 Å². The van der Waals surface area contributed by atoms with Crippen molar-refractivity contribution in [1.82, 2.24) is 0 Å². The lowest BCUT2D eigenvalue weighted by atomic mass is 9.92. The molecule has 2 atom stereocenters. The van der Waals surface area contributed by atoms with Gasteiger partial charge in [0, 0.05) is 12.0 Å². The quantitative estimate of drug-likeness (QED) is 0.442. The van der Waals surface area contributed by atoms with Crippen LogP contribution in [-0.2, 0) is 20.7 Å². The van der Waals surface area contributed by atoms with Gasteiger partial charge in [0.05, 0.1) is 11.6 Å². The summed E-state index contributed by atoms with van der Waals surface area (Å²) < 4.78 is 5.51. The lowest BCUT2D eigenvalue weighted by Gasteiger charge is -2.21. The van der Waals surface area contributed by atoms with Gasteiger partial charge in [-0.2, -0.15) is 5.26 Å².